The first-order valence-corrected chi connectivity index (χ1v) is 19.0. The molecule has 5 aromatic rings. The summed E-state index contributed by atoms with van der Waals surface area (Å²) in [4.78, 5) is 44.6. The average molecular weight is 746 g/mol. The van der Waals surface area contributed by atoms with E-state index in [0.717, 1.165) is 46.5 Å². The molecule has 4 N–H and O–H groups in total. The predicted molar refractivity (Wildman–Crippen MR) is 219 cm³/mol. The number of fused-ring (bicyclic) bond motifs is 3. The maximum atomic E-state index is 14.6. The molecule has 1 aliphatic heterocycles. The summed E-state index contributed by atoms with van der Waals surface area (Å²) in [6.07, 6.45) is 1.75. The largest absolute Gasteiger partial charge is 0.490 e. The van der Waals surface area contributed by atoms with E-state index in [1.54, 1.807) is 42.0 Å². The lowest BCUT2D eigenvalue weighted by atomic mass is 10.0. The summed E-state index contributed by atoms with van der Waals surface area (Å²) >= 11 is 0. The van der Waals surface area contributed by atoms with Crippen LogP contribution >= 0.6 is 0 Å². The highest BCUT2D eigenvalue weighted by Crippen LogP contribution is 2.30. The van der Waals surface area contributed by atoms with Crippen molar-refractivity contribution in [2.75, 3.05) is 49.3 Å². The van der Waals surface area contributed by atoms with Gasteiger partial charge in [-0.1, -0.05) is 79.7 Å². The monoisotopic (exact) mass is 745 g/mol. The number of urea groups is 2. The van der Waals surface area contributed by atoms with Gasteiger partial charge in [0, 0.05) is 49.1 Å². The lowest BCUT2D eigenvalue weighted by Crippen LogP contribution is -2.48. The Labute approximate surface area is 322 Å². The molecule has 0 fully saturated rings. The van der Waals surface area contributed by atoms with Gasteiger partial charge < -0.3 is 40.3 Å². The molecule has 55 heavy (non-hydrogen) atoms. The van der Waals surface area contributed by atoms with Gasteiger partial charge in [0.1, 0.15) is 5.75 Å². The van der Waals surface area contributed by atoms with Gasteiger partial charge in [-0.2, -0.15) is 0 Å². The number of hydrogen-bond acceptors (Lipinski definition) is 6. The summed E-state index contributed by atoms with van der Waals surface area (Å²) in [6.45, 7) is 6.48. The van der Waals surface area contributed by atoms with Crippen LogP contribution in [0.1, 0.15) is 50.4 Å². The van der Waals surface area contributed by atoms with Crippen molar-refractivity contribution in [3.8, 4) is 5.75 Å². The van der Waals surface area contributed by atoms with Gasteiger partial charge in [0.25, 0.3) is 5.91 Å². The second-order valence-corrected chi connectivity index (χ2v) is 14.5. The Kier molecular flexibility index (Phi) is 12.9. The van der Waals surface area contributed by atoms with E-state index in [4.69, 9.17) is 9.47 Å². The Balaban J connectivity index is 1.22. The number of carbonyl (C=O) groups excluding carboxylic acids is 3. The fraction of sp³-hybridized carbons (Fsp3) is 0.341. The van der Waals surface area contributed by atoms with Gasteiger partial charge in [-0.15, -0.1) is 0 Å². The van der Waals surface area contributed by atoms with Crippen LogP contribution in [0.15, 0.2) is 103 Å². The third-order valence-electron chi connectivity index (χ3n) is 10.2. The second-order valence-electron chi connectivity index (χ2n) is 14.5. The maximum Gasteiger partial charge on any atom is 0.323 e. The van der Waals surface area contributed by atoms with Gasteiger partial charge in [0.05, 0.1) is 41.8 Å². The molecule has 0 radical (unpaired) electrons. The maximum absolute atomic E-state index is 14.6. The zero-order valence-corrected chi connectivity index (χ0v) is 32.0. The summed E-state index contributed by atoms with van der Waals surface area (Å²) < 4.78 is 12.8. The van der Waals surface area contributed by atoms with E-state index in [0.29, 0.717) is 23.7 Å². The number of aliphatic hydroxyl groups is 1. The van der Waals surface area contributed by atoms with Crippen LogP contribution in [0, 0.1) is 5.92 Å². The number of rotatable bonds is 7. The van der Waals surface area contributed by atoms with E-state index in [2.05, 4.69) is 16.0 Å². The van der Waals surface area contributed by atoms with Crippen molar-refractivity contribution < 1.29 is 29.0 Å². The number of ether oxygens (including phenoxy) is 2. The van der Waals surface area contributed by atoms with Crippen molar-refractivity contribution in [3.63, 3.8) is 0 Å². The van der Waals surface area contributed by atoms with Crippen LogP contribution in [-0.4, -0.2) is 84.5 Å². The van der Waals surface area contributed by atoms with Gasteiger partial charge in [0.2, 0.25) is 0 Å². The molecule has 0 saturated heterocycles. The van der Waals surface area contributed by atoms with Gasteiger partial charge in [0.15, 0.2) is 0 Å². The van der Waals surface area contributed by atoms with E-state index in [-0.39, 0.29) is 49.2 Å². The lowest BCUT2D eigenvalue weighted by molar-refractivity contribution is -0.0115. The van der Waals surface area contributed by atoms with Gasteiger partial charge >= 0.3 is 12.1 Å². The second kappa shape index (κ2) is 18.1. The summed E-state index contributed by atoms with van der Waals surface area (Å²) in [5, 5.41) is 23.1. The molecule has 1 aliphatic rings. The highest BCUT2D eigenvalue weighted by Gasteiger charge is 2.31. The highest BCUT2D eigenvalue weighted by atomic mass is 16.5. The fourth-order valence-electron chi connectivity index (χ4n) is 6.98. The minimum atomic E-state index is -0.549. The third kappa shape index (κ3) is 9.72. The molecular weight excluding hydrogens is 695 g/mol. The van der Waals surface area contributed by atoms with Crippen LogP contribution in [0.5, 0.6) is 5.75 Å². The molecule has 0 spiro atoms. The quantitative estimate of drug-likeness (QED) is 0.132. The third-order valence-corrected chi connectivity index (χ3v) is 10.2. The molecule has 6 rings (SSSR count). The molecule has 0 saturated carbocycles. The fourth-order valence-corrected chi connectivity index (χ4v) is 6.98. The minimum absolute atomic E-state index is 0.203. The van der Waals surface area contributed by atoms with Crippen molar-refractivity contribution in [3.05, 3.63) is 109 Å². The number of hydrogen-bond donors (Lipinski definition) is 4. The standard InChI is InChI=1S/C44H51N5O6/c1-29-26-49(30(2)28-50)42(51)37-25-34(45-43(52)46-38-20-11-16-32-14-5-7-18-35(32)38)22-23-40(37)55-31(3)13-9-10-24-54-41(29)27-48(4)44(53)47-39-21-12-17-33-15-6-8-19-36(33)39/h5-8,11-12,14-23,25,29-31,41,50H,9-10,13,24,26-28H2,1-4H3,(H,47,53)(H2,45,46,52)/t29-,30+,31-,41-/m0/s1. The van der Waals surface area contributed by atoms with Gasteiger partial charge in [-0.25, -0.2) is 9.59 Å². The molecule has 1 heterocycles. The number of amides is 5. The molecule has 0 aromatic heterocycles. The molecule has 4 atom stereocenters. The van der Waals surface area contributed by atoms with Crippen molar-refractivity contribution >= 4 is 56.6 Å². The zero-order chi connectivity index (χ0) is 38.9. The Hall–Kier alpha value is -5.65. The van der Waals surface area contributed by atoms with E-state index < -0.39 is 18.2 Å². The number of anilines is 3. The molecular formula is C44H51N5O6. The summed E-state index contributed by atoms with van der Waals surface area (Å²) in [5.74, 6) is -0.189. The van der Waals surface area contributed by atoms with Gasteiger partial charge in [-0.3, -0.25) is 4.79 Å². The number of nitrogens with one attached hydrogen (secondary N) is 3. The number of benzene rings is 5. The first-order valence-electron chi connectivity index (χ1n) is 19.0. The van der Waals surface area contributed by atoms with Crippen LogP contribution in [0.4, 0.5) is 26.7 Å². The molecule has 5 aromatic carbocycles. The highest BCUT2D eigenvalue weighted by molar-refractivity contribution is 6.07. The van der Waals surface area contributed by atoms with Crippen molar-refractivity contribution in [2.45, 2.75) is 58.3 Å². The smallest absolute Gasteiger partial charge is 0.323 e. The molecule has 11 nitrogen and oxygen atoms in total. The summed E-state index contributed by atoms with van der Waals surface area (Å²) in [7, 11) is 1.74. The van der Waals surface area contributed by atoms with E-state index >= 15 is 0 Å². The normalized spacial score (nSPS) is 18.7. The molecule has 0 bridgehead atoms. The SMILES string of the molecule is C[C@H](CO)N1C[C@H](C)[C@H](CN(C)C(=O)Nc2cccc3ccccc23)OCCCC[C@H](C)Oc2ccc(NC(=O)Nc3cccc4ccccc34)cc2C1=O. The first-order chi connectivity index (χ1) is 26.6. The van der Waals surface area contributed by atoms with Crippen molar-refractivity contribution in [1.82, 2.24) is 9.80 Å². The number of carbonyl (C=O) groups is 3. The van der Waals surface area contributed by atoms with E-state index in [1.165, 1.54) is 0 Å². The Morgan fingerprint density at radius 1 is 0.855 bits per heavy atom. The Morgan fingerprint density at radius 3 is 2.16 bits per heavy atom. The van der Waals surface area contributed by atoms with Crippen LogP contribution in [0.2, 0.25) is 0 Å². The molecule has 0 aliphatic carbocycles. The minimum Gasteiger partial charge on any atom is -0.490 e. The molecule has 0 unspecified atom stereocenters. The van der Waals surface area contributed by atoms with E-state index in [1.807, 2.05) is 98.8 Å². The molecule has 288 valence electrons. The van der Waals surface area contributed by atoms with Crippen LogP contribution < -0.4 is 20.7 Å². The van der Waals surface area contributed by atoms with Crippen LogP contribution in [0.25, 0.3) is 21.5 Å². The predicted octanol–water partition coefficient (Wildman–Crippen LogP) is 8.60. The zero-order valence-electron chi connectivity index (χ0n) is 32.0. The van der Waals surface area contributed by atoms with Crippen molar-refractivity contribution in [2.24, 2.45) is 5.92 Å². The number of likely N-dealkylation sites (N-methyl/N-ethyl adjacent to an activating group) is 1. The number of aliphatic hydroxyl groups excluding tert-OH is 1. The first kappa shape index (κ1) is 39.1. The Bertz CT molecular complexity index is 2110. The van der Waals surface area contributed by atoms with Gasteiger partial charge in [-0.05, 0) is 74.2 Å². The lowest BCUT2D eigenvalue weighted by Gasteiger charge is -2.35. The molecule has 11 heteroatoms. The summed E-state index contributed by atoms with van der Waals surface area (Å²) in [6, 6.07) is 31.0. The average Bonchev–Trinajstić information content (AvgIpc) is 3.19. The van der Waals surface area contributed by atoms with Crippen molar-refractivity contribution in [1.29, 1.82) is 0 Å². The van der Waals surface area contributed by atoms with Crippen LogP contribution in [-0.2, 0) is 4.74 Å². The van der Waals surface area contributed by atoms with E-state index in [9.17, 15) is 19.5 Å². The Morgan fingerprint density at radius 2 is 1.49 bits per heavy atom. The summed E-state index contributed by atoms with van der Waals surface area (Å²) in [5.41, 5.74) is 2.06. The van der Waals surface area contributed by atoms with Crippen LogP contribution in [0.3, 0.4) is 0 Å². The topological polar surface area (TPSA) is 132 Å². The number of nitrogens with zero attached hydrogens (tertiary/aromatic N) is 2. The molecule has 5 amide bonds.